The highest BCUT2D eigenvalue weighted by atomic mass is 16.6. The van der Waals surface area contributed by atoms with Crippen molar-refractivity contribution in [1.82, 2.24) is 0 Å². The van der Waals surface area contributed by atoms with Gasteiger partial charge < -0.3 is 4.74 Å². The van der Waals surface area contributed by atoms with Crippen molar-refractivity contribution < 1.29 is 9.84 Å². The number of rotatable bonds is 4. The minimum atomic E-state index is -1.32. The van der Waals surface area contributed by atoms with E-state index in [0.717, 1.165) is 5.56 Å². The first kappa shape index (κ1) is 11.2. The number of ether oxygens (including phenoxy) is 1. The van der Waals surface area contributed by atoms with Crippen molar-refractivity contribution in [3.63, 3.8) is 0 Å². The van der Waals surface area contributed by atoms with Crippen LogP contribution in [0.4, 0.5) is 0 Å². The van der Waals surface area contributed by atoms with Gasteiger partial charge >= 0.3 is 0 Å². The SMILES string of the molecule is CC(C)OC(C)([O])Cc1ccccc1. The molecule has 1 unspecified atom stereocenters. The molecule has 0 aromatic heterocycles. The number of hydrogen-bond acceptors (Lipinski definition) is 1. The third kappa shape index (κ3) is 3.90. The van der Waals surface area contributed by atoms with E-state index >= 15 is 0 Å². The summed E-state index contributed by atoms with van der Waals surface area (Å²) in [6.45, 7) is 5.34. The van der Waals surface area contributed by atoms with Gasteiger partial charge in [-0.3, -0.25) is 0 Å². The molecule has 1 radical (unpaired) electrons. The molecule has 0 heterocycles. The smallest absolute Gasteiger partial charge is 0.203 e. The molecule has 2 nitrogen and oxygen atoms in total. The second-order valence-electron chi connectivity index (χ2n) is 3.96. The summed E-state index contributed by atoms with van der Waals surface area (Å²) in [6.07, 6.45) is 0.382. The van der Waals surface area contributed by atoms with Crippen LogP contribution >= 0.6 is 0 Å². The molecule has 77 valence electrons. The van der Waals surface area contributed by atoms with E-state index in [1.165, 1.54) is 0 Å². The van der Waals surface area contributed by atoms with Gasteiger partial charge in [0.1, 0.15) is 0 Å². The Balaban J connectivity index is 2.59. The average molecular weight is 193 g/mol. The van der Waals surface area contributed by atoms with Crippen LogP contribution in [0.1, 0.15) is 26.3 Å². The quantitative estimate of drug-likeness (QED) is 0.676. The first-order valence-corrected chi connectivity index (χ1v) is 4.92. The summed E-state index contributed by atoms with van der Waals surface area (Å²) in [6, 6.07) is 9.69. The van der Waals surface area contributed by atoms with E-state index < -0.39 is 5.79 Å². The molecule has 0 bridgehead atoms. The van der Waals surface area contributed by atoms with Crippen molar-refractivity contribution in [3.8, 4) is 0 Å². The Morgan fingerprint density at radius 3 is 2.36 bits per heavy atom. The third-order valence-corrected chi connectivity index (χ3v) is 1.85. The zero-order valence-corrected chi connectivity index (χ0v) is 8.99. The van der Waals surface area contributed by atoms with Gasteiger partial charge in [0, 0.05) is 6.42 Å². The molecular formula is C12H17O2. The predicted molar refractivity (Wildman–Crippen MR) is 55.5 cm³/mol. The molecule has 0 fully saturated rings. The van der Waals surface area contributed by atoms with Crippen LogP contribution in [0.2, 0.25) is 0 Å². The Hall–Kier alpha value is -0.860. The molecule has 0 spiro atoms. The van der Waals surface area contributed by atoms with Gasteiger partial charge in [-0.25, -0.2) is 0 Å². The van der Waals surface area contributed by atoms with Gasteiger partial charge in [-0.1, -0.05) is 30.3 Å². The fourth-order valence-corrected chi connectivity index (χ4v) is 1.51. The van der Waals surface area contributed by atoms with Crippen LogP contribution in [0.15, 0.2) is 30.3 Å². The van der Waals surface area contributed by atoms with Crippen LogP contribution in [-0.2, 0) is 16.3 Å². The molecule has 14 heavy (non-hydrogen) atoms. The summed E-state index contributed by atoms with van der Waals surface area (Å²) in [5.74, 6) is -1.32. The van der Waals surface area contributed by atoms with Crippen LogP contribution in [0.25, 0.3) is 0 Å². The summed E-state index contributed by atoms with van der Waals surface area (Å²) in [5, 5.41) is 11.9. The first-order valence-electron chi connectivity index (χ1n) is 4.92. The molecule has 0 aliphatic carbocycles. The lowest BCUT2D eigenvalue weighted by Gasteiger charge is -2.23. The molecular weight excluding hydrogens is 176 g/mol. The maximum Gasteiger partial charge on any atom is 0.203 e. The molecule has 0 aliphatic heterocycles. The topological polar surface area (TPSA) is 29.1 Å². The molecule has 1 aromatic carbocycles. The summed E-state index contributed by atoms with van der Waals surface area (Å²) in [7, 11) is 0. The molecule has 0 amide bonds. The minimum absolute atomic E-state index is 0.0267. The lowest BCUT2D eigenvalue weighted by Crippen LogP contribution is -2.32. The first-order chi connectivity index (χ1) is 6.49. The fraction of sp³-hybridized carbons (Fsp3) is 0.500. The summed E-state index contributed by atoms with van der Waals surface area (Å²) >= 11 is 0. The lowest BCUT2D eigenvalue weighted by atomic mass is 10.1. The lowest BCUT2D eigenvalue weighted by molar-refractivity contribution is -0.244. The van der Waals surface area contributed by atoms with E-state index in [1.54, 1.807) is 6.92 Å². The van der Waals surface area contributed by atoms with E-state index in [2.05, 4.69) is 0 Å². The average Bonchev–Trinajstić information content (AvgIpc) is 2.02. The van der Waals surface area contributed by atoms with Gasteiger partial charge in [-0.2, -0.15) is 5.11 Å². The second kappa shape index (κ2) is 4.58. The van der Waals surface area contributed by atoms with Gasteiger partial charge in [0.2, 0.25) is 5.79 Å². The van der Waals surface area contributed by atoms with E-state index in [0.29, 0.717) is 6.42 Å². The Bertz CT molecular complexity index is 265. The van der Waals surface area contributed by atoms with Crippen molar-refractivity contribution in [2.24, 2.45) is 0 Å². The van der Waals surface area contributed by atoms with Crippen molar-refractivity contribution in [3.05, 3.63) is 35.9 Å². The number of benzene rings is 1. The van der Waals surface area contributed by atoms with Gasteiger partial charge in [0.05, 0.1) is 6.10 Å². The summed E-state index contributed by atoms with van der Waals surface area (Å²) < 4.78 is 5.29. The zero-order valence-electron chi connectivity index (χ0n) is 8.99. The van der Waals surface area contributed by atoms with Crippen molar-refractivity contribution in [2.45, 2.75) is 39.1 Å². The van der Waals surface area contributed by atoms with E-state index in [1.807, 2.05) is 44.2 Å². The largest absolute Gasteiger partial charge is 0.344 e. The predicted octanol–water partition coefficient (Wildman–Crippen LogP) is 2.80. The van der Waals surface area contributed by atoms with Gasteiger partial charge in [0.15, 0.2) is 0 Å². The highest BCUT2D eigenvalue weighted by Crippen LogP contribution is 2.16. The van der Waals surface area contributed by atoms with Crippen LogP contribution < -0.4 is 0 Å². The molecule has 1 atom stereocenters. The summed E-state index contributed by atoms with van der Waals surface area (Å²) in [4.78, 5) is 0. The third-order valence-electron chi connectivity index (χ3n) is 1.85. The van der Waals surface area contributed by atoms with E-state index in [-0.39, 0.29) is 6.10 Å². The van der Waals surface area contributed by atoms with Crippen molar-refractivity contribution >= 4 is 0 Å². The van der Waals surface area contributed by atoms with Crippen LogP contribution in [0, 0.1) is 0 Å². The molecule has 0 saturated carbocycles. The monoisotopic (exact) mass is 193 g/mol. The van der Waals surface area contributed by atoms with Gasteiger partial charge in [-0.15, -0.1) is 0 Å². The second-order valence-corrected chi connectivity index (χ2v) is 3.96. The Labute approximate surface area is 85.5 Å². The highest BCUT2D eigenvalue weighted by Gasteiger charge is 2.25. The molecule has 0 N–H and O–H groups in total. The highest BCUT2D eigenvalue weighted by molar-refractivity contribution is 5.15. The van der Waals surface area contributed by atoms with Gasteiger partial charge in [-0.05, 0) is 26.3 Å². The molecule has 0 aliphatic rings. The van der Waals surface area contributed by atoms with E-state index in [4.69, 9.17) is 4.74 Å². The maximum absolute atomic E-state index is 11.9. The van der Waals surface area contributed by atoms with Gasteiger partial charge in [0.25, 0.3) is 0 Å². The van der Waals surface area contributed by atoms with Crippen LogP contribution in [0.3, 0.4) is 0 Å². The van der Waals surface area contributed by atoms with Crippen LogP contribution in [-0.4, -0.2) is 11.9 Å². The standard InChI is InChI=1S/C12H17O2/c1-10(2)14-12(3,13)9-11-7-5-4-6-8-11/h4-8,10H,9H2,1-3H3. The normalized spacial score (nSPS) is 15.5. The fourth-order valence-electron chi connectivity index (χ4n) is 1.51. The number of hydrogen-bond donors (Lipinski definition) is 0. The molecule has 1 rings (SSSR count). The molecule has 2 heteroatoms. The van der Waals surface area contributed by atoms with Crippen molar-refractivity contribution in [1.29, 1.82) is 0 Å². The minimum Gasteiger partial charge on any atom is -0.344 e. The molecule has 1 aromatic rings. The Morgan fingerprint density at radius 2 is 1.86 bits per heavy atom. The van der Waals surface area contributed by atoms with E-state index in [9.17, 15) is 5.11 Å². The Kier molecular flexibility index (Phi) is 3.67. The summed E-state index contributed by atoms with van der Waals surface area (Å²) in [5.41, 5.74) is 1.02. The van der Waals surface area contributed by atoms with Crippen molar-refractivity contribution in [2.75, 3.05) is 0 Å². The van der Waals surface area contributed by atoms with Crippen LogP contribution in [0.5, 0.6) is 0 Å². The zero-order chi connectivity index (χ0) is 10.6. The Morgan fingerprint density at radius 1 is 1.29 bits per heavy atom. The maximum atomic E-state index is 11.9. The molecule has 0 saturated heterocycles.